The van der Waals surface area contributed by atoms with E-state index in [2.05, 4.69) is 16.0 Å². The molecule has 0 saturated heterocycles. The smallest absolute Gasteiger partial charge is 0.319 e. The summed E-state index contributed by atoms with van der Waals surface area (Å²) in [6, 6.07) is 12.3. The molecule has 0 bridgehead atoms. The van der Waals surface area contributed by atoms with Crippen molar-refractivity contribution in [3.8, 4) is 0 Å². The maximum atomic E-state index is 11.9. The van der Waals surface area contributed by atoms with E-state index in [0.717, 1.165) is 16.8 Å². The van der Waals surface area contributed by atoms with Gasteiger partial charge in [-0.15, -0.1) is 0 Å². The first-order valence-electron chi connectivity index (χ1n) is 6.82. The summed E-state index contributed by atoms with van der Waals surface area (Å²) in [6.45, 7) is 0.411. The lowest BCUT2D eigenvalue weighted by atomic mass is 10.1. The molecule has 2 aromatic rings. The van der Waals surface area contributed by atoms with Crippen LogP contribution in [0.2, 0.25) is 5.02 Å². The van der Waals surface area contributed by atoms with Gasteiger partial charge >= 0.3 is 6.03 Å². The highest BCUT2D eigenvalue weighted by Crippen LogP contribution is 2.25. The summed E-state index contributed by atoms with van der Waals surface area (Å²) in [7, 11) is 0. The van der Waals surface area contributed by atoms with Gasteiger partial charge in [0, 0.05) is 22.9 Å². The second-order valence-electron chi connectivity index (χ2n) is 5.03. The maximum Gasteiger partial charge on any atom is 0.319 e. The van der Waals surface area contributed by atoms with Gasteiger partial charge in [-0.25, -0.2) is 4.79 Å². The average molecular weight is 316 g/mol. The second-order valence-corrected chi connectivity index (χ2v) is 5.47. The van der Waals surface area contributed by atoms with E-state index < -0.39 is 0 Å². The number of amides is 3. The van der Waals surface area contributed by atoms with Crippen molar-refractivity contribution in [1.29, 1.82) is 0 Å². The maximum absolute atomic E-state index is 11.9. The number of halogens is 1. The summed E-state index contributed by atoms with van der Waals surface area (Å²) < 4.78 is 0. The molecule has 0 saturated carbocycles. The van der Waals surface area contributed by atoms with Gasteiger partial charge in [0.1, 0.15) is 0 Å². The molecule has 3 amide bonds. The molecule has 3 N–H and O–H groups in total. The van der Waals surface area contributed by atoms with E-state index in [9.17, 15) is 9.59 Å². The second kappa shape index (κ2) is 6.07. The largest absolute Gasteiger partial charge is 0.334 e. The molecular weight excluding hydrogens is 302 g/mol. The SMILES string of the molecule is O=C1Cc2cc(NC(=O)NCc3ccc(Cl)cc3)ccc2N1. The fraction of sp³-hybridized carbons (Fsp3) is 0.125. The minimum atomic E-state index is -0.299. The Bertz CT molecular complexity index is 729. The quantitative estimate of drug-likeness (QED) is 0.814. The molecule has 1 aliphatic rings. The van der Waals surface area contributed by atoms with Crippen molar-refractivity contribution in [2.75, 3.05) is 10.6 Å². The van der Waals surface area contributed by atoms with E-state index in [1.165, 1.54) is 0 Å². The van der Waals surface area contributed by atoms with Crippen molar-refractivity contribution in [2.24, 2.45) is 0 Å². The number of nitrogens with one attached hydrogen (secondary N) is 3. The van der Waals surface area contributed by atoms with E-state index in [1.54, 1.807) is 30.3 Å². The number of fused-ring (bicyclic) bond motifs is 1. The van der Waals surface area contributed by atoms with Gasteiger partial charge in [0.15, 0.2) is 0 Å². The first-order chi connectivity index (χ1) is 10.6. The van der Waals surface area contributed by atoms with Gasteiger partial charge in [0.25, 0.3) is 0 Å². The number of hydrogen-bond donors (Lipinski definition) is 3. The monoisotopic (exact) mass is 315 g/mol. The summed E-state index contributed by atoms with van der Waals surface area (Å²) in [4.78, 5) is 23.2. The Morgan fingerprint density at radius 2 is 1.95 bits per heavy atom. The standard InChI is InChI=1S/C16H14ClN3O2/c17-12-3-1-10(2-4-12)9-18-16(22)19-13-5-6-14-11(7-13)8-15(21)20-14/h1-7H,8-9H2,(H,20,21)(H2,18,19,22). The zero-order valence-electron chi connectivity index (χ0n) is 11.7. The number of carbonyl (C=O) groups is 2. The van der Waals surface area contributed by atoms with E-state index in [0.29, 0.717) is 23.7 Å². The van der Waals surface area contributed by atoms with Crippen LogP contribution in [0.25, 0.3) is 0 Å². The first kappa shape index (κ1) is 14.4. The minimum Gasteiger partial charge on any atom is -0.334 e. The average Bonchev–Trinajstić information content (AvgIpc) is 2.86. The van der Waals surface area contributed by atoms with Crippen LogP contribution in [0.3, 0.4) is 0 Å². The van der Waals surface area contributed by atoms with Crippen molar-refractivity contribution in [3.63, 3.8) is 0 Å². The third-order valence-corrected chi connectivity index (χ3v) is 3.61. The van der Waals surface area contributed by atoms with Crippen LogP contribution in [0.15, 0.2) is 42.5 Å². The Morgan fingerprint density at radius 1 is 1.18 bits per heavy atom. The summed E-state index contributed by atoms with van der Waals surface area (Å²) in [5.74, 6) is -0.0284. The number of rotatable bonds is 3. The topological polar surface area (TPSA) is 70.2 Å². The Kier molecular flexibility index (Phi) is 3.98. The van der Waals surface area contributed by atoms with Gasteiger partial charge in [-0.2, -0.15) is 0 Å². The van der Waals surface area contributed by atoms with Crippen LogP contribution >= 0.6 is 11.6 Å². The molecule has 0 fully saturated rings. The number of urea groups is 1. The molecule has 1 heterocycles. The van der Waals surface area contributed by atoms with Gasteiger partial charge in [-0.05, 0) is 41.5 Å². The first-order valence-corrected chi connectivity index (χ1v) is 7.20. The molecule has 0 aliphatic carbocycles. The van der Waals surface area contributed by atoms with Crippen LogP contribution in [0.1, 0.15) is 11.1 Å². The lowest BCUT2D eigenvalue weighted by Crippen LogP contribution is -2.28. The summed E-state index contributed by atoms with van der Waals surface area (Å²) in [5, 5.41) is 8.93. The molecule has 0 spiro atoms. The molecular formula is C16H14ClN3O2. The number of hydrogen-bond acceptors (Lipinski definition) is 2. The summed E-state index contributed by atoms with van der Waals surface area (Å²) in [6.07, 6.45) is 0.344. The van der Waals surface area contributed by atoms with Crippen molar-refractivity contribution < 1.29 is 9.59 Å². The van der Waals surface area contributed by atoms with Gasteiger partial charge < -0.3 is 16.0 Å². The zero-order chi connectivity index (χ0) is 15.5. The predicted octanol–water partition coefficient (Wildman–Crippen LogP) is 3.16. The predicted molar refractivity (Wildman–Crippen MR) is 86.1 cm³/mol. The highest BCUT2D eigenvalue weighted by atomic mass is 35.5. The van der Waals surface area contributed by atoms with Gasteiger partial charge in [-0.3, -0.25) is 4.79 Å². The van der Waals surface area contributed by atoms with Crippen LogP contribution in [-0.4, -0.2) is 11.9 Å². The van der Waals surface area contributed by atoms with Crippen LogP contribution in [0.5, 0.6) is 0 Å². The van der Waals surface area contributed by atoms with Crippen LogP contribution in [-0.2, 0) is 17.8 Å². The molecule has 0 unspecified atom stereocenters. The Balaban J connectivity index is 1.57. The molecule has 0 atom stereocenters. The van der Waals surface area contributed by atoms with Crippen molar-refractivity contribution >= 4 is 34.9 Å². The lowest BCUT2D eigenvalue weighted by molar-refractivity contribution is -0.115. The highest BCUT2D eigenvalue weighted by Gasteiger charge is 2.17. The van der Waals surface area contributed by atoms with Gasteiger partial charge in [0.05, 0.1) is 6.42 Å². The molecule has 0 aromatic heterocycles. The Hall–Kier alpha value is -2.53. The normalized spacial score (nSPS) is 12.5. The van der Waals surface area contributed by atoms with Crippen LogP contribution in [0.4, 0.5) is 16.2 Å². The fourth-order valence-electron chi connectivity index (χ4n) is 2.27. The van der Waals surface area contributed by atoms with Crippen molar-refractivity contribution in [3.05, 3.63) is 58.6 Å². The fourth-order valence-corrected chi connectivity index (χ4v) is 2.39. The lowest BCUT2D eigenvalue weighted by Gasteiger charge is -2.09. The molecule has 1 aliphatic heterocycles. The molecule has 112 valence electrons. The van der Waals surface area contributed by atoms with Gasteiger partial charge in [-0.1, -0.05) is 23.7 Å². The van der Waals surface area contributed by atoms with Crippen LogP contribution in [0, 0.1) is 0 Å². The molecule has 3 rings (SSSR count). The minimum absolute atomic E-state index is 0.0284. The van der Waals surface area contributed by atoms with E-state index >= 15 is 0 Å². The van der Waals surface area contributed by atoms with Gasteiger partial charge in [0.2, 0.25) is 5.91 Å². The highest BCUT2D eigenvalue weighted by molar-refractivity contribution is 6.30. The summed E-state index contributed by atoms with van der Waals surface area (Å²) >= 11 is 5.81. The van der Waals surface area contributed by atoms with E-state index in [4.69, 9.17) is 11.6 Å². The number of anilines is 2. The zero-order valence-corrected chi connectivity index (χ0v) is 12.4. The number of carbonyl (C=O) groups excluding carboxylic acids is 2. The number of benzene rings is 2. The third kappa shape index (κ3) is 3.38. The summed E-state index contributed by atoms with van der Waals surface area (Å²) in [5.41, 5.74) is 3.31. The molecule has 0 radical (unpaired) electrons. The van der Waals surface area contributed by atoms with Crippen molar-refractivity contribution in [1.82, 2.24) is 5.32 Å². The molecule has 6 heteroatoms. The van der Waals surface area contributed by atoms with Crippen LogP contribution < -0.4 is 16.0 Å². The molecule has 2 aromatic carbocycles. The third-order valence-electron chi connectivity index (χ3n) is 3.35. The van der Waals surface area contributed by atoms with Crippen molar-refractivity contribution in [2.45, 2.75) is 13.0 Å². The molecule has 22 heavy (non-hydrogen) atoms. The Morgan fingerprint density at radius 3 is 2.73 bits per heavy atom. The van der Waals surface area contributed by atoms with E-state index in [-0.39, 0.29) is 11.9 Å². The van der Waals surface area contributed by atoms with E-state index in [1.807, 2.05) is 12.1 Å². The molecule has 5 nitrogen and oxygen atoms in total. The Labute approximate surface area is 132 Å².